The summed E-state index contributed by atoms with van der Waals surface area (Å²) in [6, 6.07) is 3.80. The van der Waals surface area contributed by atoms with Crippen molar-refractivity contribution in [1.82, 2.24) is 19.7 Å². The molecule has 0 atom stereocenters. The van der Waals surface area contributed by atoms with Gasteiger partial charge in [-0.25, -0.2) is 4.98 Å². The highest BCUT2D eigenvalue weighted by molar-refractivity contribution is 5.52. The molecule has 0 N–H and O–H groups in total. The summed E-state index contributed by atoms with van der Waals surface area (Å²) >= 11 is 0. The Balaban J connectivity index is 2.48. The molecule has 4 nitrogen and oxygen atoms in total. The van der Waals surface area contributed by atoms with Gasteiger partial charge in [0.15, 0.2) is 5.82 Å². The lowest BCUT2D eigenvalue weighted by atomic mass is 10.3. The van der Waals surface area contributed by atoms with Crippen molar-refractivity contribution >= 4 is 0 Å². The van der Waals surface area contributed by atoms with Gasteiger partial charge in [0.05, 0.1) is 0 Å². The molecule has 2 rings (SSSR count). The minimum absolute atomic E-state index is 0.752. The molecule has 0 radical (unpaired) electrons. The van der Waals surface area contributed by atoms with E-state index in [0.29, 0.717) is 0 Å². The molecule has 0 bridgehead atoms. The number of pyridine rings is 1. The van der Waals surface area contributed by atoms with Crippen molar-refractivity contribution < 1.29 is 0 Å². The zero-order valence-electron chi connectivity index (χ0n) is 7.60. The van der Waals surface area contributed by atoms with Gasteiger partial charge in [-0.05, 0) is 19.1 Å². The number of hydrogen-bond acceptors (Lipinski definition) is 3. The second-order valence-electron chi connectivity index (χ2n) is 2.84. The first kappa shape index (κ1) is 7.91. The fourth-order valence-electron chi connectivity index (χ4n) is 1.09. The zero-order valence-corrected chi connectivity index (χ0v) is 7.60. The number of aromatic nitrogens is 4. The molecule has 2 aromatic rings. The van der Waals surface area contributed by atoms with E-state index in [1.807, 2.05) is 26.1 Å². The minimum atomic E-state index is 0.752. The van der Waals surface area contributed by atoms with Gasteiger partial charge in [0.25, 0.3) is 0 Å². The summed E-state index contributed by atoms with van der Waals surface area (Å²) in [6.45, 7) is 1.93. The number of rotatable bonds is 1. The van der Waals surface area contributed by atoms with Crippen LogP contribution >= 0.6 is 0 Å². The van der Waals surface area contributed by atoms with Crippen LogP contribution in [-0.4, -0.2) is 19.7 Å². The second kappa shape index (κ2) is 2.97. The number of hydrogen-bond donors (Lipinski definition) is 0. The van der Waals surface area contributed by atoms with Crippen molar-refractivity contribution in [3.63, 3.8) is 0 Å². The first-order chi connectivity index (χ1) is 6.27. The molecule has 0 unspecified atom stereocenters. The first-order valence-electron chi connectivity index (χ1n) is 4.05. The molecule has 0 saturated carbocycles. The largest absolute Gasteiger partial charge is 0.265 e. The zero-order chi connectivity index (χ0) is 9.26. The predicted octanol–water partition coefficient (Wildman–Crippen LogP) is 1.19. The third-order valence-corrected chi connectivity index (χ3v) is 1.92. The summed E-state index contributed by atoms with van der Waals surface area (Å²) in [7, 11) is 1.88. The molecule has 0 aliphatic carbocycles. The lowest BCUT2D eigenvalue weighted by Gasteiger charge is -1.91. The highest BCUT2D eigenvalue weighted by Crippen LogP contribution is 2.12. The van der Waals surface area contributed by atoms with E-state index in [-0.39, 0.29) is 0 Å². The van der Waals surface area contributed by atoms with Crippen LogP contribution in [0, 0.1) is 6.92 Å². The SMILES string of the molecule is Cc1nc(-c2ccncc2)nn1C. The Morgan fingerprint density at radius 1 is 1.23 bits per heavy atom. The summed E-state index contributed by atoms with van der Waals surface area (Å²) in [4.78, 5) is 8.24. The third-order valence-electron chi connectivity index (χ3n) is 1.92. The van der Waals surface area contributed by atoms with Crippen molar-refractivity contribution in [2.75, 3.05) is 0 Å². The smallest absolute Gasteiger partial charge is 0.181 e. The number of nitrogens with zero attached hydrogens (tertiary/aromatic N) is 4. The molecule has 13 heavy (non-hydrogen) atoms. The highest BCUT2D eigenvalue weighted by Gasteiger charge is 2.04. The van der Waals surface area contributed by atoms with E-state index < -0.39 is 0 Å². The molecule has 66 valence electrons. The van der Waals surface area contributed by atoms with E-state index in [2.05, 4.69) is 15.1 Å². The van der Waals surface area contributed by atoms with Crippen molar-refractivity contribution in [3.8, 4) is 11.4 Å². The molecular weight excluding hydrogens is 164 g/mol. The Labute approximate surface area is 76.3 Å². The molecule has 0 aliphatic heterocycles. The van der Waals surface area contributed by atoms with Gasteiger partial charge in [-0.1, -0.05) is 0 Å². The quantitative estimate of drug-likeness (QED) is 0.652. The van der Waals surface area contributed by atoms with Gasteiger partial charge < -0.3 is 0 Å². The Kier molecular flexibility index (Phi) is 1.81. The van der Waals surface area contributed by atoms with Crippen LogP contribution in [0.2, 0.25) is 0 Å². The summed E-state index contributed by atoms with van der Waals surface area (Å²) < 4.78 is 1.76. The molecule has 2 aromatic heterocycles. The molecular formula is C9H10N4. The van der Waals surface area contributed by atoms with Crippen LogP contribution in [0.25, 0.3) is 11.4 Å². The van der Waals surface area contributed by atoms with Gasteiger partial charge in [0.1, 0.15) is 5.82 Å². The fourth-order valence-corrected chi connectivity index (χ4v) is 1.09. The predicted molar refractivity (Wildman–Crippen MR) is 49.0 cm³/mol. The Hall–Kier alpha value is -1.71. The summed E-state index contributed by atoms with van der Waals surface area (Å²) in [6.07, 6.45) is 3.47. The van der Waals surface area contributed by atoms with Gasteiger partial charge in [-0.15, -0.1) is 0 Å². The first-order valence-corrected chi connectivity index (χ1v) is 4.05. The molecule has 0 fully saturated rings. The van der Waals surface area contributed by atoms with Crippen molar-refractivity contribution in [2.45, 2.75) is 6.92 Å². The molecule has 0 spiro atoms. The Morgan fingerprint density at radius 3 is 2.46 bits per heavy atom. The maximum Gasteiger partial charge on any atom is 0.181 e. The average molecular weight is 174 g/mol. The van der Waals surface area contributed by atoms with E-state index in [9.17, 15) is 0 Å². The standard InChI is InChI=1S/C9H10N4/c1-7-11-9(12-13(7)2)8-3-5-10-6-4-8/h3-6H,1-2H3. The fraction of sp³-hybridized carbons (Fsp3) is 0.222. The third kappa shape index (κ3) is 1.42. The van der Waals surface area contributed by atoms with Gasteiger partial charge in [-0.2, -0.15) is 5.10 Å². The van der Waals surface area contributed by atoms with Crippen LogP contribution < -0.4 is 0 Å². The van der Waals surface area contributed by atoms with Crippen LogP contribution in [0.4, 0.5) is 0 Å². The summed E-state index contributed by atoms with van der Waals surface area (Å²) in [5.41, 5.74) is 0.999. The summed E-state index contributed by atoms with van der Waals surface area (Å²) in [5, 5.41) is 4.26. The molecule has 0 amide bonds. The van der Waals surface area contributed by atoms with Crippen LogP contribution in [0.5, 0.6) is 0 Å². The van der Waals surface area contributed by atoms with Gasteiger partial charge >= 0.3 is 0 Å². The van der Waals surface area contributed by atoms with Gasteiger partial charge in [0, 0.05) is 25.0 Å². The molecule has 0 aliphatic rings. The topological polar surface area (TPSA) is 43.6 Å². The molecule has 0 saturated heterocycles. The minimum Gasteiger partial charge on any atom is -0.265 e. The molecule has 0 aromatic carbocycles. The van der Waals surface area contributed by atoms with E-state index in [1.165, 1.54) is 0 Å². The Bertz CT molecular complexity index is 385. The van der Waals surface area contributed by atoms with E-state index in [4.69, 9.17) is 0 Å². The van der Waals surface area contributed by atoms with Crippen molar-refractivity contribution in [3.05, 3.63) is 30.4 Å². The van der Waals surface area contributed by atoms with Crippen molar-refractivity contribution in [1.29, 1.82) is 0 Å². The van der Waals surface area contributed by atoms with E-state index in [0.717, 1.165) is 17.2 Å². The normalized spacial score (nSPS) is 10.3. The number of aryl methyl sites for hydroxylation is 2. The maximum atomic E-state index is 4.30. The van der Waals surface area contributed by atoms with Crippen LogP contribution in [0.15, 0.2) is 24.5 Å². The molecule has 2 heterocycles. The Morgan fingerprint density at radius 2 is 1.92 bits per heavy atom. The molecule has 4 heteroatoms. The lowest BCUT2D eigenvalue weighted by molar-refractivity contribution is 0.736. The van der Waals surface area contributed by atoms with E-state index >= 15 is 0 Å². The van der Waals surface area contributed by atoms with Crippen LogP contribution in [-0.2, 0) is 7.05 Å². The van der Waals surface area contributed by atoms with Crippen LogP contribution in [0.3, 0.4) is 0 Å². The van der Waals surface area contributed by atoms with Gasteiger partial charge in [-0.3, -0.25) is 9.67 Å². The highest BCUT2D eigenvalue weighted by atomic mass is 15.3. The monoisotopic (exact) mass is 174 g/mol. The maximum absolute atomic E-state index is 4.30. The van der Waals surface area contributed by atoms with Gasteiger partial charge in [0.2, 0.25) is 0 Å². The van der Waals surface area contributed by atoms with Crippen molar-refractivity contribution in [2.24, 2.45) is 7.05 Å². The van der Waals surface area contributed by atoms with E-state index in [1.54, 1.807) is 17.1 Å². The van der Waals surface area contributed by atoms with Crippen LogP contribution in [0.1, 0.15) is 5.82 Å². The second-order valence-corrected chi connectivity index (χ2v) is 2.84. The summed E-state index contributed by atoms with van der Waals surface area (Å²) in [5.74, 6) is 1.66. The average Bonchev–Trinajstić information content (AvgIpc) is 2.49. The lowest BCUT2D eigenvalue weighted by Crippen LogP contribution is -1.92.